The van der Waals surface area contributed by atoms with Gasteiger partial charge < -0.3 is 10.2 Å². The fraction of sp³-hybridized carbons (Fsp3) is 0.789. The molecule has 0 aromatic carbocycles. The molecule has 0 spiro atoms. The van der Waals surface area contributed by atoms with Gasteiger partial charge in [0.1, 0.15) is 0 Å². The van der Waals surface area contributed by atoms with Crippen molar-refractivity contribution in [3.63, 3.8) is 0 Å². The lowest BCUT2D eigenvalue weighted by molar-refractivity contribution is -0.150. The highest BCUT2D eigenvalue weighted by Gasteiger charge is 2.56. The normalized spacial score (nSPS) is 53.9. The third-order valence-corrected chi connectivity index (χ3v) is 7.51. The van der Waals surface area contributed by atoms with E-state index < -0.39 is 5.79 Å². The van der Waals surface area contributed by atoms with E-state index in [1.807, 2.05) is 0 Å². The number of aliphatic hydroxyl groups is 2. The van der Waals surface area contributed by atoms with Crippen LogP contribution in [0.4, 0.5) is 0 Å². The Bertz CT molecular complexity index is 506. The summed E-state index contributed by atoms with van der Waals surface area (Å²) in [7, 11) is 0. The number of hydrogen-bond acceptors (Lipinski definition) is 2. The van der Waals surface area contributed by atoms with E-state index in [1.165, 1.54) is 32.1 Å². The molecule has 0 heterocycles. The van der Waals surface area contributed by atoms with Gasteiger partial charge in [-0.3, -0.25) is 0 Å². The van der Waals surface area contributed by atoms with Crippen LogP contribution in [0.25, 0.3) is 0 Å². The lowest BCUT2D eigenvalue weighted by atomic mass is 9.48. The van der Waals surface area contributed by atoms with Gasteiger partial charge in [0.05, 0.1) is 0 Å². The van der Waals surface area contributed by atoms with Crippen molar-refractivity contribution in [2.24, 2.45) is 34.5 Å². The maximum Gasteiger partial charge on any atom is 0.183 e. The first kappa shape index (κ1) is 14.0. The van der Waals surface area contributed by atoms with Crippen molar-refractivity contribution in [2.45, 2.75) is 58.2 Å². The lowest BCUT2D eigenvalue weighted by Gasteiger charge is -2.56. The second-order valence-corrected chi connectivity index (χ2v) is 8.65. The molecule has 4 aliphatic rings. The SMILES string of the molecule is C[C@@]12CCC[C@H]1[C@@H]1C=C[C@@H]3CC(O)(O)C=C[C@]3(C)[C@H]1CC2. The zero-order chi connectivity index (χ0) is 14.9. The molecule has 0 aromatic heterocycles. The van der Waals surface area contributed by atoms with Crippen LogP contribution in [-0.4, -0.2) is 16.0 Å². The number of hydrogen-bond donors (Lipinski definition) is 2. The van der Waals surface area contributed by atoms with Gasteiger partial charge in [-0.2, -0.15) is 0 Å². The summed E-state index contributed by atoms with van der Waals surface area (Å²) in [4.78, 5) is 0. The minimum Gasteiger partial charge on any atom is -0.362 e. The van der Waals surface area contributed by atoms with Crippen LogP contribution < -0.4 is 0 Å². The second-order valence-electron chi connectivity index (χ2n) is 8.65. The molecule has 0 radical (unpaired) electrons. The van der Waals surface area contributed by atoms with Crippen LogP contribution in [0.3, 0.4) is 0 Å². The number of rotatable bonds is 0. The van der Waals surface area contributed by atoms with Crippen molar-refractivity contribution in [3.8, 4) is 0 Å². The van der Waals surface area contributed by atoms with Crippen molar-refractivity contribution < 1.29 is 10.2 Å². The first-order valence-corrected chi connectivity index (χ1v) is 8.68. The molecule has 4 aliphatic carbocycles. The Morgan fingerprint density at radius 3 is 2.57 bits per heavy atom. The van der Waals surface area contributed by atoms with Gasteiger partial charge in [0.2, 0.25) is 0 Å². The summed E-state index contributed by atoms with van der Waals surface area (Å²) in [5.41, 5.74) is 0.670. The van der Waals surface area contributed by atoms with Crippen molar-refractivity contribution in [1.82, 2.24) is 0 Å². The Labute approximate surface area is 127 Å². The van der Waals surface area contributed by atoms with E-state index in [0.717, 1.165) is 5.92 Å². The van der Waals surface area contributed by atoms with Crippen molar-refractivity contribution >= 4 is 0 Å². The smallest absolute Gasteiger partial charge is 0.183 e. The number of allylic oxidation sites excluding steroid dienone is 3. The van der Waals surface area contributed by atoms with Gasteiger partial charge in [-0.25, -0.2) is 0 Å². The molecule has 2 saturated carbocycles. The quantitative estimate of drug-likeness (QED) is 0.527. The van der Waals surface area contributed by atoms with Gasteiger partial charge in [0.25, 0.3) is 0 Å². The molecule has 6 atom stereocenters. The molecule has 0 aliphatic heterocycles. The van der Waals surface area contributed by atoms with Gasteiger partial charge in [-0.15, -0.1) is 0 Å². The van der Waals surface area contributed by atoms with Crippen LogP contribution >= 0.6 is 0 Å². The van der Waals surface area contributed by atoms with Crippen LogP contribution in [0.1, 0.15) is 52.4 Å². The Morgan fingerprint density at radius 1 is 0.952 bits per heavy atom. The molecule has 2 N–H and O–H groups in total. The van der Waals surface area contributed by atoms with E-state index in [0.29, 0.717) is 23.7 Å². The summed E-state index contributed by atoms with van der Waals surface area (Å²) in [5.74, 6) is 0.869. The number of fused-ring (bicyclic) bond motifs is 5. The highest BCUT2D eigenvalue weighted by atomic mass is 16.5. The zero-order valence-corrected chi connectivity index (χ0v) is 13.3. The first-order chi connectivity index (χ1) is 9.84. The Kier molecular flexibility index (Phi) is 2.83. The molecular weight excluding hydrogens is 260 g/mol. The third kappa shape index (κ3) is 1.91. The van der Waals surface area contributed by atoms with Crippen LogP contribution in [-0.2, 0) is 0 Å². The zero-order valence-electron chi connectivity index (χ0n) is 13.3. The highest BCUT2D eigenvalue weighted by molar-refractivity contribution is 5.24. The molecule has 0 amide bonds. The summed E-state index contributed by atoms with van der Waals surface area (Å²) in [6, 6.07) is 0. The Hall–Kier alpha value is -0.600. The monoisotopic (exact) mass is 288 g/mol. The van der Waals surface area contributed by atoms with E-state index in [1.54, 1.807) is 6.08 Å². The van der Waals surface area contributed by atoms with Crippen LogP contribution in [0.2, 0.25) is 0 Å². The topological polar surface area (TPSA) is 40.5 Å². The minimum atomic E-state index is -1.61. The Balaban J connectivity index is 1.71. The lowest BCUT2D eigenvalue weighted by Crippen LogP contribution is -2.51. The van der Waals surface area contributed by atoms with E-state index >= 15 is 0 Å². The molecule has 0 saturated heterocycles. The predicted molar refractivity (Wildman–Crippen MR) is 83.3 cm³/mol. The van der Waals surface area contributed by atoms with E-state index in [9.17, 15) is 10.2 Å². The molecule has 2 nitrogen and oxygen atoms in total. The molecule has 21 heavy (non-hydrogen) atoms. The van der Waals surface area contributed by atoms with Gasteiger partial charge in [-0.1, -0.05) is 38.5 Å². The van der Waals surface area contributed by atoms with Crippen molar-refractivity contribution in [2.75, 3.05) is 0 Å². The van der Waals surface area contributed by atoms with Gasteiger partial charge in [-0.05, 0) is 66.3 Å². The highest BCUT2D eigenvalue weighted by Crippen LogP contribution is 2.63. The molecule has 2 fully saturated rings. The van der Waals surface area contributed by atoms with Gasteiger partial charge in [0, 0.05) is 6.42 Å². The maximum atomic E-state index is 9.95. The molecule has 116 valence electrons. The van der Waals surface area contributed by atoms with Crippen molar-refractivity contribution in [3.05, 3.63) is 24.3 Å². The molecule has 0 aromatic rings. The molecule has 0 unspecified atom stereocenters. The minimum absolute atomic E-state index is 0.109. The Morgan fingerprint density at radius 2 is 1.76 bits per heavy atom. The van der Waals surface area contributed by atoms with Crippen LogP contribution in [0.15, 0.2) is 24.3 Å². The molecular formula is C19H28O2. The fourth-order valence-electron chi connectivity index (χ4n) is 6.16. The standard InChI is InChI=1S/C19H28O2/c1-17-8-3-4-15(17)14-6-5-13-12-19(20,21)11-10-18(13,2)16(14)7-9-17/h5-6,10-11,13-16,20-21H,3-4,7-9,12H2,1-2H3/t13-,14+,15+,16+,17+,18+/m1/s1. The summed E-state index contributed by atoms with van der Waals surface area (Å²) in [5, 5.41) is 19.9. The van der Waals surface area contributed by atoms with Gasteiger partial charge in [0.15, 0.2) is 5.79 Å². The predicted octanol–water partition coefficient (Wildman–Crippen LogP) is 3.65. The third-order valence-electron chi connectivity index (χ3n) is 7.51. The average Bonchev–Trinajstić information content (AvgIpc) is 2.81. The first-order valence-electron chi connectivity index (χ1n) is 8.68. The summed E-state index contributed by atoms with van der Waals surface area (Å²) in [6.45, 7) is 4.86. The molecule has 2 heteroatoms. The average molecular weight is 288 g/mol. The summed E-state index contributed by atoms with van der Waals surface area (Å²) in [6.07, 6.45) is 15.8. The summed E-state index contributed by atoms with van der Waals surface area (Å²) < 4.78 is 0. The van der Waals surface area contributed by atoms with Crippen LogP contribution in [0.5, 0.6) is 0 Å². The van der Waals surface area contributed by atoms with Crippen molar-refractivity contribution in [1.29, 1.82) is 0 Å². The second kappa shape index (κ2) is 4.23. The van der Waals surface area contributed by atoms with Crippen LogP contribution in [0, 0.1) is 34.5 Å². The van der Waals surface area contributed by atoms with E-state index in [-0.39, 0.29) is 11.3 Å². The fourth-order valence-corrected chi connectivity index (χ4v) is 6.16. The maximum absolute atomic E-state index is 9.95. The molecule has 4 rings (SSSR count). The largest absolute Gasteiger partial charge is 0.362 e. The van der Waals surface area contributed by atoms with E-state index in [2.05, 4.69) is 32.1 Å². The van der Waals surface area contributed by atoms with Gasteiger partial charge >= 0.3 is 0 Å². The van der Waals surface area contributed by atoms with E-state index in [4.69, 9.17) is 0 Å². The molecule has 0 bridgehead atoms. The summed E-state index contributed by atoms with van der Waals surface area (Å²) >= 11 is 0.